The fourth-order valence-electron chi connectivity index (χ4n) is 3.29. The molecule has 3 unspecified atom stereocenters. The van der Waals surface area contributed by atoms with Gasteiger partial charge in [-0.3, -0.25) is 0 Å². The Morgan fingerprint density at radius 2 is 1.47 bits per heavy atom. The molecule has 0 aliphatic rings. The number of halogens is 1. The lowest BCUT2D eigenvalue weighted by molar-refractivity contribution is 0.101. The molecule has 3 rings (SSSR count). The van der Waals surface area contributed by atoms with Crippen molar-refractivity contribution < 1.29 is 9.47 Å². The summed E-state index contributed by atoms with van der Waals surface area (Å²) >= 11 is 6.12. The lowest BCUT2D eigenvalue weighted by Crippen LogP contribution is -2.27. The third-order valence-electron chi connectivity index (χ3n) is 5.27. The Morgan fingerprint density at radius 1 is 0.900 bits per heavy atom. The molecule has 0 aliphatic carbocycles. The minimum absolute atomic E-state index is 0.0177. The molecule has 3 aromatic rings. The molecular weight excluding hydrogens is 400 g/mol. The summed E-state index contributed by atoms with van der Waals surface area (Å²) in [6.07, 6.45) is 1.37. The summed E-state index contributed by atoms with van der Waals surface area (Å²) in [5.41, 5.74) is 6.05. The van der Waals surface area contributed by atoms with E-state index in [9.17, 15) is 0 Å². The zero-order valence-electron chi connectivity index (χ0n) is 17.9. The Kier molecular flexibility index (Phi) is 7.85. The number of hydrogen-bond donors (Lipinski definition) is 1. The number of nitrogens with one attached hydrogen (secondary N) is 1. The monoisotopic (exact) mass is 428 g/mol. The van der Waals surface area contributed by atoms with Crippen LogP contribution in [0.25, 0.3) is 0 Å². The van der Waals surface area contributed by atoms with Gasteiger partial charge in [0.15, 0.2) is 11.6 Å². The van der Waals surface area contributed by atoms with Crippen LogP contribution in [0.4, 0.5) is 0 Å². The van der Waals surface area contributed by atoms with Crippen LogP contribution in [0.3, 0.4) is 0 Å². The van der Waals surface area contributed by atoms with Crippen molar-refractivity contribution in [2.45, 2.75) is 44.9 Å². The standard InChI is InChI=1S/C23H29ClN4O2/c1-16(29-3)22-25-26-23(17(2)30-4)28(22)27-21(19-11-13-20(24)14-12-19)15-10-18-8-6-5-7-9-18/h5-9,11-14,16-17,21,27H,10,15H2,1-4H3. The molecule has 0 bridgehead atoms. The van der Waals surface area contributed by atoms with Crippen molar-refractivity contribution in [2.24, 2.45) is 0 Å². The third kappa shape index (κ3) is 5.39. The lowest BCUT2D eigenvalue weighted by atomic mass is 9.99. The predicted molar refractivity (Wildman–Crippen MR) is 119 cm³/mol. The van der Waals surface area contributed by atoms with E-state index in [1.54, 1.807) is 14.2 Å². The Hall–Kier alpha value is -2.41. The fraction of sp³-hybridized carbons (Fsp3) is 0.391. The second kappa shape index (κ2) is 10.6. The van der Waals surface area contributed by atoms with Crippen LogP contribution < -0.4 is 5.43 Å². The largest absolute Gasteiger partial charge is 0.374 e. The van der Waals surface area contributed by atoms with Gasteiger partial charge in [0, 0.05) is 19.2 Å². The highest BCUT2D eigenvalue weighted by molar-refractivity contribution is 6.30. The SMILES string of the molecule is COC(C)c1nnc(C(C)OC)n1NC(CCc1ccccc1)c1ccc(Cl)cc1. The lowest BCUT2D eigenvalue weighted by Gasteiger charge is -2.25. The number of aromatic nitrogens is 3. The molecule has 0 aliphatic heterocycles. The minimum atomic E-state index is -0.220. The molecular formula is C23H29ClN4O2. The highest BCUT2D eigenvalue weighted by Crippen LogP contribution is 2.26. The van der Waals surface area contributed by atoms with Crippen molar-refractivity contribution in [1.29, 1.82) is 0 Å². The summed E-state index contributed by atoms with van der Waals surface area (Å²) in [5.74, 6) is 1.41. The fourth-order valence-corrected chi connectivity index (χ4v) is 3.42. The molecule has 0 saturated carbocycles. The summed E-state index contributed by atoms with van der Waals surface area (Å²) in [4.78, 5) is 0. The van der Waals surface area contributed by atoms with Gasteiger partial charge < -0.3 is 14.9 Å². The number of nitrogens with zero attached hydrogens (tertiary/aromatic N) is 3. The van der Waals surface area contributed by atoms with E-state index in [0.29, 0.717) is 16.7 Å². The van der Waals surface area contributed by atoms with E-state index in [1.165, 1.54) is 5.56 Å². The number of methoxy groups -OCH3 is 2. The number of benzene rings is 2. The molecule has 0 radical (unpaired) electrons. The van der Waals surface area contributed by atoms with E-state index >= 15 is 0 Å². The van der Waals surface area contributed by atoms with Gasteiger partial charge >= 0.3 is 0 Å². The minimum Gasteiger partial charge on any atom is -0.374 e. The Bertz CT molecular complexity index is 887. The smallest absolute Gasteiger partial charge is 0.180 e. The Labute approximate surface area is 183 Å². The molecule has 1 heterocycles. The zero-order chi connectivity index (χ0) is 21.5. The molecule has 30 heavy (non-hydrogen) atoms. The van der Waals surface area contributed by atoms with Gasteiger partial charge in [-0.25, -0.2) is 4.68 Å². The second-order valence-electron chi connectivity index (χ2n) is 7.27. The predicted octanol–water partition coefficient (Wildman–Crippen LogP) is 5.26. The Balaban J connectivity index is 1.93. The van der Waals surface area contributed by atoms with E-state index in [2.05, 4.69) is 39.9 Å². The normalized spacial score (nSPS) is 14.3. The van der Waals surface area contributed by atoms with Gasteiger partial charge in [-0.2, -0.15) is 0 Å². The summed E-state index contributed by atoms with van der Waals surface area (Å²) in [7, 11) is 3.32. The molecule has 1 aromatic heterocycles. The van der Waals surface area contributed by atoms with Gasteiger partial charge in [-0.15, -0.1) is 10.2 Å². The first-order valence-corrected chi connectivity index (χ1v) is 10.5. The third-order valence-corrected chi connectivity index (χ3v) is 5.52. The van der Waals surface area contributed by atoms with Gasteiger partial charge in [-0.1, -0.05) is 54.1 Å². The van der Waals surface area contributed by atoms with Crippen LogP contribution in [0.5, 0.6) is 0 Å². The summed E-state index contributed by atoms with van der Waals surface area (Å²) in [5, 5.41) is 9.43. The van der Waals surface area contributed by atoms with Crippen molar-refractivity contribution in [1.82, 2.24) is 14.9 Å². The molecule has 3 atom stereocenters. The van der Waals surface area contributed by atoms with Crippen LogP contribution in [-0.2, 0) is 15.9 Å². The van der Waals surface area contributed by atoms with Crippen LogP contribution in [0, 0.1) is 0 Å². The first kappa shape index (κ1) is 22.3. The second-order valence-corrected chi connectivity index (χ2v) is 7.70. The van der Waals surface area contributed by atoms with Crippen molar-refractivity contribution in [3.05, 3.63) is 82.4 Å². The van der Waals surface area contributed by atoms with Crippen molar-refractivity contribution >= 4 is 11.6 Å². The van der Waals surface area contributed by atoms with Gasteiger partial charge in [0.1, 0.15) is 12.2 Å². The molecule has 0 amide bonds. The first-order chi connectivity index (χ1) is 14.5. The van der Waals surface area contributed by atoms with Crippen LogP contribution >= 0.6 is 11.6 Å². The number of aryl methyl sites for hydroxylation is 1. The molecule has 0 saturated heterocycles. The maximum atomic E-state index is 6.12. The average Bonchev–Trinajstić information content (AvgIpc) is 3.20. The molecule has 1 N–H and O–H groups in total. The van der Waals surface area contributed by atoms with Crippen LogP contribution in [-0.4, -0.2) is 29.1 Å². The first-order valence-electron chi connectivity index (χ1n) is 10.1. The quantitative estimate of drug-likeness (QED) is 0.477. The van der Waals surface area contributed by atoms with Gasteiger partial charge in [-0.05, 0) is 49.9 Å². The zero-order valence-corrected chi connectivity index (χ0v) is 18.6. The van der Waals surface area contributed by atoms with Gasteiger partial charge in [0.2, 0.25) is 0 Å². The number of ether oxygens (including phenoxy) is 2. The molecule has 160 valence electrons. The van der Waals surface area contributed by atoms with E-state index < -0.39 is 0 Å². The van der Waals surface area contributed by atoms with E-state index in [-0.39, 0.29) is 18.2 Å². The molecule has 6 nitrogen and oxygen atoms in total. The van der Waals surface area contributed by atoms with Crippen LogP contribution in [0.1, 0.15) is 61.3 Å². The van der Waals surface area contributed by atoms with Gasteiger partial charge in [0.25, 0.3) is 0 Å². The molecule has 7 heteroatoms. The van der Waals surface area contributed by atoms with E-state index in [0.717, 1.165) is 18.4 Å². The van der Waals surface area contributed by atoms with Crippen molar-refractivity contribution in [3.8, 4) is 0 Å². The van der Waals surface area contributed by atoms with E-state index in [4.69, 9.17) is 21.1 Å². The maximum absolute atomic E-state index is 6.12. The highest BCUT2D eigenvalue weighted by atomic mass is 35.5. The van der Waals surface area contributed by atoms with Crippen LogP contribution in [0.2, 0.25) is 5.02 Å². The Morgan fingerprint density at radius 3 is 2.00 bits per heavy atom. The highest BCUT2D eigenvalue weighted by Gasteiger charge is 2.24. The van der Waals surface area contributed by atoms with E-state index in [1.807, 2.05) is 48.9 Å². The number of hydrogen-bond acceptors (Lipinski definition) is 5. The van der Waals surface area contributed by atoms with Crippen LogP contribution in [0.15, 0.2) is 54.6 Å². The molecule has 0 fully saturated rings. The molecule has 0 spiro atoms. The summed E-state index contributed by atoms with van der Waals surface area (Å²) < 4.78 is 12.9. The maximum Gasteiger partial charge on any atom is 0.180 e. The number of rotatable bonds is 10. The van der Waals surface area contributed by atoms with Gasteiger partial charge in [0.05, 0.1) is 6.04 Å². The summed E-state index contributed by atoms with van der Waals surface area (Å²) in [6, 6.07) is 18.4. The van der Waals surface area contributed by atoms with Crippen molar-refractivity contribution in [3.63, 3.8) is 0 Å². The molecule has 2 aromatic carbocycles. The topological polar surface area (TPSA) is 61.2 Å². The average molecular weight is 429 g/mol. The summed E-state index contributed by atoms with van der Waals surface area (Å²) in [6.45, 7) is 3.90. The van der Waals surface area contributed by atoms with Crippen molar-refractivity contribution in [2.75, 3.05) is 19.6 Å².